The maximum atomic E-state index is 13.2. The number of halogens is 2. The SMILES string of the molecule is O=C(CSc1cn(Cc2ccc(F)cc2)c2ccccc12)NCc1ccc(F)cc1. The lowest BCUT2D eigenvalue weighted by Crippen LogP contribution is -2.24. The minimum atomic E-state index is -0.294. The van der Waals surface area contributed by atoms with Crippen molar-refractivity contribution < 1.29 is 13.6 Å². The molecule has 0 fully saturated rings. The average molecular weight is 423 g/mol. The molecule has 0 saturated carbocycles. The Labute approximate surface area is 177 Å². The van der Waals surface area contributed by atoms with Crippen LogP contribution in [-0.4, -0.2) is 16.2 Å². The van der Waals surface area contributed by atoms with Crippen molar-refractivity contribution in [3.05, 3.63) is 102 Å². The van der Waals surface area contributed by atoms with Gasteiger partial charge in [-0.1, -0.05) is 42.5 Å². The van der Waals surface area contributed by atoms with E-state index in [1.807, 2.05) is 30.5 Å². The zero-order valence-corrected chi connectivity index (χ0v) is 17.0. The summed E-state index contributed by atoms with van der Waals surface area (Å²) in [4.78, 5) is 13.3. The van der Waals surface area contributed by atoms with Crippen LogP contribution in [0.25, 0.3) is 10.9 Å². The number of nitrogens with one attached hydrogen (secondary N) is 1. The Hall–Kier alpha value is -3.12. The molecule has 1 heterocycles. The molecule has 0 spiro atoms. The van der Waals surface area contributed by atoms with Crippen molar-refractivity contribution in [3.8, 4) is 0 Å². The van der Waals surface area contributed by atoms with Crippen molar-refractivity contribution >= 4 is 28.6 Å². The molecule has 0 saturated heterocycles. The molecule has 3 aromatic carbocycles. The Bertz CT molecular complexity index is 1150. The topological polar surface area (TPSA) is 34.0 Å². The number of thioether (sulfide) groups is 1. The van der Waals surface area contributed by atoms with Crippen LogP contribution in [0.2, 0.25) is 0 Å². The third kappa shape index (κ3) is 4.89. The van der Waals surface area contributed by atoms with E-state index in [0.717, 1.165) is 26.9 Å². The van der Waals surface area contributed by atoms with Gasteiger partial charge in [0.2, 0.25) is 5.91 Å². The Morgan fingerprint density at radius 2 is 1.50 bits per heavy atom. The zero-order valence-electron chi connectivity index (χ0n) is 16.1. The first-order valence-electron chi connectivity index (χ1n) is 9.55. The number of carbonyl (C=O) groups is 1. The van der Waals surface area contributed by atoms with E-state index < -0.39 is 0 Å². The molecule has 1 aromatic heterocycles. The van der Waals surface area contributed by atoms with Gasteiger partial charge in [-0.25, -0.2) is 8.78 Å². The first-order chi connectivity index (χ1) is 14.6. The molecule has 1 N–H and O–H groups in total. The van der Waals surface area contributed by atoms with E-state index in [-0.39, 0.29) is 23.3 Å². The molecule has 1 amide bonds. The summed E-state index contributed by atoms with van der Waals surface area (Å²) >= 11 is 1.48. The predicted molar refractivity (Wildman–Crippen MR) is 116 cm³/mol. The van der Waals surface area contributed by atoms with Crippen molar-refractivity contribution in [1.82, 2.24) is 9.88 Å². The number of amides is 1. The number of carbonyl (C=O) groups excluding carboxylic acids is 1. The fraction of sp³-hybridized carbons (Fsp3) is 0.125. The second-order valence-electron chi connectivity index (χ2n) is 6.96. The molecule has 4 rings (SSSR count). The molecule has 152 valence electrons. The number of benzene rings is 3. The van der Waals surface area contributed by atoms with Crippen LogP contribution in [0.3, 0.4) is 0 Å². The molecule has 0 radical (unpaired) electrons. The molecule has 0 aliphatic rings. The summed E-state index contributed by atoms with van der Waals surface area (Å²) in [6.45, 7) is 0.990. The highest BCUT2D eigenvalue weighted by atomic mass is 32.2. The van der Waals surface area contributed by atoms with Crippen molar-refractivity contribution in [2.75, 3.05) is 5.75 Å². The molecule has 30 heavy (non-hydrogen) atoms. The van der Waals surface area contributed by atoms with Gasteiger partial charge in [0.15, 0.2) is 0 Å². The van der Waals surface area contributed by atoms with Crippen LogP contribution >= 0.6 is 11.8 Å². The van der Waals surface area contributed by atoms with Crippen molar-refractivity contribution in [2.45, 2.75) is 18.0 Å². The quantitative estimate of drug-likeness (QED) is 0.406. The van der Waals surface area contributed by atoms with Crippen LogP contribution in [0, 0.1) is 11.6 Å². The van der Waals surface area contributed by atoms with Gasteiger partial charge in [0.05, 0.1) is 5.75 Å². The van der Waals surface area contributed by atoms with Crippen molar-refractivity contribution in [2.24, 2.45) is 0 Å². The largest absolute Gasteiger partial charge is 0.351 e. The minimum absolute atomic E-state index is 0.0836. The van der Waals surface area contributed by atoms with Crippen molar-refractivity contribution in [1.29, 1.82) is 0 Å². The van der Waals surface area contributed by atoms with Gasteiger partial charge < -0.3 is 9.88 Å². The van der Waals surface area contributed by atoms with Crippen molar-refractivity contribution in [3.63, 3.8) is 0 Å². The number of aromatic nitrogens is 1. The molecule has 3 nitrogen and oxygen atoms in total. The van der Waals surface area contributed by atoms with Gasteiger partial charge in [0.25, 0.3) is 0 Å². The molecular weight excluding hydrogens is 402 g/mol. The summed E-state index contributed by atoms with van der Waals surface area (Å²) in [5.41, 5.74) is 2.92. The van der Waals surface area contributed by atoms with Gasteiger partial charge in [0.1, 0.15) is 11.6 Å². The number of fused-ring (bicyclic) bond motifs is 1. The zero-order chi connectivity index (χ0) is 20.9. The number of hydrogen-bond acceptors (Lipinski definition) is 2. The Balaban J connectivity index is 1.43. The van der Waals surface area contributed by atoms with Crippen LogP contribution in [-0.2, 0) is 17.9 Å². The van der Waals surface area contributed by atoms with Gasteiger partial charge in [-0.2, -0.15) is 0 Å². The standard InChI is InChI=1S/C24H20F2N2OS/c25-19-9-5-17(6-10-19)13-27-24(29)16-30-23-15-28(22-4-2-1-3-21(22)23)14-18-7-11-20(26)12-8-18/h1-12,15H,13-14,16H2,(H,27,29). The van der Waals surface area contributed by atoms with E-state index in [9.17, 15) is 13.6 Å². The highest BCUT2D eigenvalue weighted by Gasteiger charge is 2.11. The fourth-order valence-electron chi connectivity index (χ4n) is 3.24. The first-order valence-corrected chi connectivity index (χ1v) is 10.5. The predicted octanol–water partition coefficient (Wildman–Crippen LogP) is 5.38. The van der Waals surface area contributed by atoms with E-state index in [0.29, 0.717) is 13.1 Å². The smallest absolute Gasteiger partial charge is 0.230 e. The number of nitrogens with zero attached hydrogens (tertiary/aromatic N) is 1. The molecule has 0 bridgehead atoms. The monoisotopic (exact) mass is 422 g/mol. The second kappa shape index (κ2) is 9.13. The van der Waals surface area contributed by atoms with Crippen LogP contribution in [0.5, 0.6) is 0 Å². The van der Waals surface area contributed by atoms with Gasteiger partial charge in [-0.3, -0.25) is 4.79 Å². The number of para-hydroxylation sites is 1. The minimum Gasteiger partial charge on any atom is -0.351 e. The maximum Gasteiger partial charge on any atom is 0.230 e. The second-order valence-corrected chi connectivity index (χ2v) is 7.97. The summed E-state index contributed by atoms with van der Waals surface area (Å²) in [7, 11) is 0. The molecule has 6 heteroatoms. The summed E-state index contributed by atoms with van der Waals surface area (Å²) in [6.07, 6.45) is 2.03. The lowest BCUT2D eigenvalue weighted by molar-refractivity contribution is -0.118. The number of rotatable bonds is 7. The summed E-state index contributed by atoms with van der Waals surface area (Å²) in [6, 6.07) is 20.6. The molecule has 0 unspecified atom stereocenters. The van der Waals surface area contributed by atoms with E-state index >= 15 is 0 Å². The van der Waals surface area contributed by atoms with Crippen LogP contribution < -0.4 is 5.32 Å². The van der Waals surface area contributed by atoms with Gasteiger partial charge in [-0.05, 0) is 41.5 Å². The van der Waals surface area contributed by atoms with E-state index in [1.165, 1.54) is 36.0 Å². The normalized spacial score (nSPS) is 11.0. The first kappa shape index (κ1) is 20.2. The Kier molecular flexibility index (Phi) is 6.14. The third-order valence-electron chi connectivity index (χ3n) is 4.78. The molecule has 0 aliphatic carbocycles. The van der Waals surface area contributed by atoms with E-state index in [4.69, 9.17) is 0 Å². The lowest BCUT2D eigenvalue weighted by Gasteiger charge is -2.05. The Morgan fingerprint density at radius 3 is 2.20 bits per heavy atom. The van der Waals surface area contributed by atoms with Gasteiger partial charge >= 0.3 is 0 Å². The van der Waals surface area contributed by atoms with Crippen LogP contribution in [0.1, 0.15) is 11.1 Å². The third-order valence-corrected chi connectivity index (χ3v) is 5.82. The van der Waals surface area contributed by atoms with Gasteiger partial charge in [-0.15, -0.1) is 11.8 Å². The molecule has 0 aliphatic heterocycles. The highest BCUT2D eigenvalue weighted by molar-refractivity contribution is 8.00. The average Bonchev–Trinajstić information content (AvgIpc) is 3.11. The van der Waals surface area contributed by atoms with E-state index in [1.54, 1.807) is 24.3 Å². The fourth-order valence-corrected chi connectivity index (χ4v) is 4.16. The molecular formula is C24H20F2N2OS. The van der Waals surface area contributed by atoms with Crippen LogP contribution in [0.15, 0.2) is 83.9 Å². The maximum absolute atomic E-state index is 13.2. The van der Waals surface area contributed by atoms with E-state index in [2.05, 4.69) is 9.88 Å². The highest BCUT2D eigenvalue weighted by Crippen LogP contribution is 2.30. The summed E-state index contributed by atoms with van der Waals surface area (Å²) in [5.74, 6) is -0.345. The summed E-state index contributed by atoms with van der Waals surface area (Å²) in [5, 5.41) is 3.94. The Morgan fingerprint density at radius 1 is 0.867 bits per heavy atom. The van der Waals surface area contributed by atoms with Crippen LogP contribution in [0.4, 0.5) is 8.78 Å². The molecule has 0 atom stereocenters. The summed E-state index contributed by atoms with van der Waals surface area (Å²) < 4.78 is 28.3. The molecule has 4 aromatic rings. The number of hydrogen-bond donors (Lipinski definition) is 1. The lowest BCUT2D eigenvalue weighted by atomic mass is 10.2. The van der Waals surface area contributed by atoms with Gasteiger partial charge in [0, 0.05) is 35.1 Å².